The predicted molar refractivity (Wildman–Crippen MR) is 69.2 cm³/mol. The molecule has 0 unspecified atom stereocenters. The maximum atomic E-state index is 11.4. The van der Waals surface area contributed by atoms with Crippen LogP contribution >= 0.6 is 23.2 Å². The fourth-order valence-corrected chi connectivity index (χ4v) is 1.57. The van der Waals surface area contributed by atoms with Gasteiger partial charge in [0.1, 0.15) is 0 Å². The van der Waals surface area contributed by atoms with Gasteiger partial charge in [-0.2, -0.15) is 0 Å². The van der Waals surface area contributed by atoms with Gasteiger partial charge in [-0.3, -0.25) is 10.0 Å². The van der Waals surface area contributed by atoms with Crippen molar-refractivity contribution in [2.45, 2.75) is 0 Å². The Balaban J connectivity index is 2.76. The summed E-state index contributed by atoms with van der Waals surface area (Å²) in [6.07, 6.45) is 4.15. The molecule has 0 bridgehead atoms. The van der Waals surface area contributed by atoms with Crippen LogP contribution in [0.15, 0.2) is 36.9 Å². The molecule has 0 saturated carbocycles. The van der Waals surface area contributed by atoms with Gasteiger partial charge < -0.3 is 0 Å². The lowest BCUT2D eigenvalue weighted by molar-refractivity contribution is -0.156. The van der Waals surface area contributed by atoms with Crippen LogP contribution < -0.4 is 0 Å². The average Bonchev–Trinajstić information content (AvgIpc) is 2.27. The number of amides is 1. The topological polar surface area (TPSA) is 40.5 Å². The molecule has 0 aliphatic rings. The second-order valence-corrected chi connectivity index (χ2v) is 4.05. The van der Waals surface area contributed by atoms with Gasteiger partial charge >= 0.3 is 0 Å². The van der Waals surface area contributed by atoms with Crippen molar-refractivity contribution in [3.63, 3.8) is 0 Å². The highest BCUT2D eigenvalue weighted by Crippen LogP contribution is 2.21. The second kappa shape index (κ2) is 6.45. The predicted octanol–water partition coefficient (Wildman–Crippen LogP) is 3.41. The van der Waals surface area contributed by atoms with Crippen molar-refractivity contribution in [3.8, 4) is 0 Å². The smallest absolute Gasteiger partial charge is 0.270 e. The van der Waals surface area contributed by atoms with E-state index in [-0.39, 0.29) is 6.54 Å². The van der Waals surface area contributed by atoms with Crippen LogP contribution in [-0.4, -0.2) is 22.7 Å². The molecule has 0 aliphatic carbocycles. The van der Waals surface area contributed by atoms with Gasteiger partial charge in [-0.1, -0.05) is 35.3 Å². The number of carbonyl (C=O) groups is 1. The van der Waals surface area contributed by atoms with E-state index in [1.165, 1.54) is 18.2 Å². The van der Waals surface area contributed by atoms with Gasteiger partial charge in [0.15, 0.2) is 0 Å². The number of hydrogen-bond donors (Lipinski definition) is 1. The Morgan fingerprint density at radius 1 is 1.47 bits per heavy atom. The highest BCUT2D eigenvalue weighted by atomic mass is 35.5. The molecule has 0 aromatic heterocycles. The van der Waals surface area contributed by atoms with E-state index in [2.05, 4.69) is 6.58 Å². The summed E-state index contributed by atoms with van der Waals surface area (Å²) < 4.78 is 0. The highest BCUT2D eigenvalue weighted by molar-refractivity contribution is 6.35. The Bertz CT molecular complexity index is 458. The minimum absolute atomic E-state index is 0.0670. The lowest BCUT2D eigenvalue weighted by atomic mass is 10.2. The fourth-order valence-electron chi connectivity index (χ4n) is 1.10. The van der Waals surface area contributed by atoms with E-state index in [0.29, 0.717) is 20.7 Å². The van der Waals surface area contributed by atoms with Crippen LogP contribution in [0.3, 0.4) is 0 Å². The minimum atomic E-state index is -0.545. The standard InChI is InChI=1S/C12H11Cl2NO2/c1-2-7-15(17)12(16)6-4-9-3-5-10(13)8-11(9)14/h2-6,8,17H,1,7H2/b6-4+. The molecule has 1 aromatic carbocycles. The van der Waals surface area contributed by atoms with Crippen LogP contribution in [0.1, 0.15) is 5.56 Å². The molecule has 5 heteroatoms. The number of hydrogen-bond acceptors (Lipinski definition) is 2. The lowest BCUT2D eigenvalue weighted by Gasteiger charge is -2.08. The third kappa shape index (κ3) is 4.23. The first-order valence-electron chi connectivity index (χ1n) is 4.79. The van der Waals surface area contributed by atoms with E-state index < -0.39 is 5.91 Å². The van der Waals surface area contributed by atoms with E-state index in [1.807, 2.05) is 0 Å². The van der Waals surface area contributed by atoms with E-state index in [9.17, 15) is 10.0 Å². The summed E-state index contributed by atoms with van der Waals surface area (Å²) in [6, 6.07) is 4.93. The first-order chi connectivity index (χ1) is 8.04. The van der Waals surface area contributed by atoms with Crippen LogP contribution in [0.25, 0.3) is 6.08 Å². The molecular formula is C12H11Cl2NO2. The van der Waals surface area contributed by atoms with Crippen molar-refractivity contribution in [2.24, 2.45) is 0 Å². The molecule has 90 valence electrons. The molecule has 1 rings (SSSR count). The van der Waals surface area contributed by atoms with Gasteiger partial charge in [-0.15, -0.1) is 6.58 Å². The molecule has 1 amide bonds. The number of benzene rings is 1. The maximum Gasteiger partial charge on any atom is 0.270 e. The molecule has 0 atom stereocenters. The zero-order valence-corrected chi connectivity index (χ0v) is 10.4. The minimum Gasteiger partial charge on any atom is -0.285 e. The Morgan fingerprint density at radius 2 is 2.18 bits per heavy atom. The summed E-state index contributed by atoms with van der Waals surface area (Å²) in [5.74, 6) is -0.545. The van der Waals surface area contributed by atoms with Crippen molar-refractivity contribution in [1.82, 2.24) is 5.06 Å². The second-order valence-electron chi connectivity index (χ2n) is 3.21. The van der Waals surface area contributed by atoms with Crippen LogP contribution in [0.4, 0.5) is 0 Å². The van der Waals surface area contributed by atoms with Gasteiger partial charge in [-0.05, 0) is 23.8 Å². The fraction of sp³-hybridized carbons (Fsp3) is 0.0833. The van der Waals surface area contributed by atoms with Crippen molar-refractivity contribution < 1.29 is 10.0 Å². The summed E-state index contributed by atoms with van der Waals surface area (Å²) in [4.78, 5) is 11.4. The summed E-state index contributed by atoms with van der Waals surface area (Å²) in [5.41, 5.74) is 0.649. The highest BCUT2D eigenvalue weighted by Gasteiger charge is 2.04. The Morgan fingerprint density at radius 3 is 2.76 bits per heavy atom. The molecular weight excluding hydrogens is 261 g/mol. The normalized spacial score (nSPS) is 10.5. The van der Waals surface area contributed by atoms with Gasteiger partial charge in [0, 0.05) is 16.1 Å². The van der Waals surface area contributed by atoms with Gasteiger partial charge in [0.25, 0.3) is 5.91 Å². The Hall–Kier alpha value is -1.29. The van der Waals surface area contributed by atoms with Crippen molar-refractivity contribution in [2.75, 3.05) is 6.54 Å². The number of rotatable bonds is 4. The molecule has 0 aliphatic heterocycles. The van der Waals surface area contributed by atoms with Crippen LogP contribution in [0.5, 0.6) is 0 Å². The molecule has 0 spiro atoms. The largest absolute Gasteiger partial charge is 0.285 e. The van der Waals surface area contributed by atoms with Crippen LogP contribution in [0, 0.1) is 0 Å². The third-order valence-electron chi connectivity index (χ3n) is 1.92. The van der Waals surface area contributed by atoms with Crippen LogP contribution in [0.2, 0.25) is 10.0 Å². The molecule has 17 heavy (non-hydrogen) atoms. The van der Waals surface area contributed by atoms with Crippen molar-refractivity contribution >= 4 is 35.2 Å². The molecule has 0 radical (unpaired) electrons. The van der Waals surface area contributed by atoms with Gasteiger partial charge in [0.2, 0.25) is 0 Å². The summed E-state index contributed by atoms with van der Waals surface area (Å²) >= 11 is 11.7. The van der Waals surface area contributed by atoms with Crippen molar-refractivity contribution in [3.05, 3.63) is 52.5 Å². The zero-order chi connectivity index (χ0) is 12.8. The number of hydroxylamine groups is 2. The number of nitrogens with zero attached hydrogens (tertiary/aromatic N) is 1. The molecule has 0 fully saturated rings. The molecule has 0 heterocycles. The van der Waals surface area contributed by atoms with E-state index in [4.69, 9.17) is 23.2 Å². The van der Waals surface area contributed by atoms with E-state index >= 15 is 0 Å². The molecule has 3 nitrogen and oxygen atoms in total. The molecule has 1 aromatic rings. The molecule has 0 saturated heterocycles. The third-order valence-corrected chi connectivity index (χ3v) is 2.49. The SMILES string of the molecule is C=CCN(O)C(=O)/C=C/c1ccc(Cl)cc1Cl. The van der Waals surface area contributed by atoms with E-state index in [1.54, 1.807) is 18.2 Å². The zero-order valence-electron chi connectivity index (χ0n) is 8.94. The average molecular weight is 272 g/mol. The maximum absolute atomic E-state index is 11.4. The number of carbonyl (C=O) groups excluding carboxylic acids is 1. The first kappa shape index (κ1) is 13.8. The molecule has 1 N–H and O–H groups in total. The Kier molecular flexibility index (Phi) is 5.22. The quantitative estimate of drug-likeness (QED) is 0.395. The monoisotopic (exact) mass is 271 g/mol. The Labute approximate surface area is 110 Å². The van der Waals surface area contributed by atoms with Gasteiger partial charge in [0.05, 0.1) is 6.54 Å². The first-order valence-corrected chi connectivity index (χ1v) is 5.54. The van der Waals surface area contributed by atoms with Crippen LogP contribution in [-0.2, 0) is 4.79 Å². The van der Waals surface area contributed by atoms with E-state index in [0.717, 1.165) is 0 Å². The summed E-state index contributed by atoms with van der Waals surface area (Å²) in [6.45, 7) is 3.48. The lowest BCUT2D eigenvalue weighted by Crippen LogP contribution is -2.25. The van der Waals surface area contributed by atoms with Crippen molar-refractivity contribution in [1.29, 1.82) is 0 Å². The van der Waals surface area contributed by atoms with Gasteiger partial charge in [-0.25, -0.2) is 5.06 Å². The number of halogens is 2. The summed E-state index contributed by atoms with van der Waals surface area (Å²) in [5, 5.41) is 10.7. The summed E-state index contributed by atoms with van der Waals surface area (Å²) in [7, 11) is 0.